The lowest BCUT2D eigenvalue weighted by Crippen LogP contribution is -2.57. The van der Waals surface area contributed by atoms with E-state index in [2.05, 4.69) is 4.74 Å². The molecule has 1 amide bonds. The van der Waals surface area contributed by atoms with Crippen molar-refractivity contribution >= 4 is 11.9 Å². The molecule has 0 atom stereocenters. The molecule has 0 aromatic carbocycles. The molecule has 5 nitrogen and oxygen atoms in total. The maximum atomic E-state index is 12.5. The Labute approximate surface area is 110 Å². The minimum atomic E-state index is -0.740. The van der Waals surface area contributed by atoms with Gasteiger partial charge in [0.25, 0.3) is 0 Å². The second-order valence-corrected chi connectivity index (χ2v) is 5.65. The fourth-order valence-corrected chi connectivity index (χ4v) is 1.41. The van der Waals surface area contributed by atoms with E-state index in [9.17, 15) is 9.59 Å². The van der Waals surface area contributed by atoms with E-state index in [-0.39, 0.29) is 12.5 Å². The molecule has 0 aromatic heterocycles. The molecule has 0 aliphatic heterocycles. The molecule has 0 fully saturated rings. The van der Waals surface area contributed by atoms with E-state index in [4.69, 9.17) is 5.73 Å². The molecule has 0 radical (unpaired) electrons. The second kappa shape index (κ2) is 6.18. The van der Waals surface area contributed by atoms with Gasteiger partial charge in [-0.1, -0.05) is 6.92 Å². The Morgan fingerprint density at radius 3 is 2.06 bits per heavy atom. The summed E-state index contributed by atoms with van der Waals surface area (Å²) in [4.78, 5) is 25.3. The Morgan fingerprint density at radius 2 is 1.72 bits per heavy atom. The number of nitrogens with two attached hydrogens (primary N) is 1. The van der Waals surface area contributed by atoms with Gasteiger partial charge >= 0.3 is 5.97 Å². The van der Waals surface area contributed by atoms with Gasteiger partial charge in [0.15, 0.2) is 0 Å². The van der Waals surface area contributed by atoms with Gasteiger partial charge in [-0.05, 0) is 34.1 Å². The minimum absolute atomic E-state index is 0.0251. The highest BCUT2D eigenvalue weighted by Crippen LogP contribution is 2.30. The first kappa shape index (κ1) is 16.9. The molecule has 0 rings (SSSR count). The number of methoxy groups -OCH3 is 1. The largest absolute Gasteiger partial charge is 0.468 e. The van der Waals surface area contributed by atoms with Gasteiger partial charge in [0.1, 0.15) is 6.54 Å². The smallest absolute Gasteiger partial charge is 0.325 e. The van der Waals surface area contributed by atoms with Crippen molar-refractivity contribution < 1.29 is 14.3 Å². The van der Waals surface area contributed by atoms with Crippen LogP contribution in [0.3, 0.4) is 0 Å². The average molecular weight is 258 g/mol. The van der Waals surface area contributed by atoms with Crippen LogP contribution in [0.1, 0.15) is 41.0 Å². The summed E-state index contributed by atoms with van der Waals surface area (Å²) in [6.45, 7) is 9.68. The molecule has 5 heteroatoms. The summed E-state index contributed by atoms with van der Waals surface area (Å²) in [6.07, 6.45) is 0.782. The molecule has 0 aliphatic rings. The zero-order valence-electron chi connectivity index (χ0n) is 12.4. The molecule has 0 bridgehead atoms. The molecule has 0 unspecified atom stereocenters. The zero-order chi connectivity index (χ0) is 14.6. The number of esters is 1. The molecule has 18 heavy (non-hydrogen) atoms. The fraction of sp³-hybridized carbons (Fsp3) is 0.846. The summed E-state index contributed by atoms with van der Waals surface area (Å²) >= 11 is 0. The molecular formula is C13H26N2O3. The number of amides is 1. The van der Waals surface area contributed by atoms with Crippen molar-refractivity contribution in [3.8, 4) is 0 Å². The Balaban J connectivity index is 5.02. The highest BCUT2D eigenvalue weighted by Gasteiger charge is 2.43. The van der Waals surface area contributed by atoms with Crippen LogP contribution in [0.25, 0.3) is 0 Å². The van der Waals surface area contributed by atoms with E-state index in [0.29, 0.717) is 6.54 Å². The Morgan fingerprint density at radius 1 is 1.22 bits per heavy atom. The molecule has 0 saturated heterocycles. The summed E-state index contributed by atoms with van der Waals surface area (Å²) in [7, 11) is 1.31. The summed E-state index contributed by atoms with van der Waals surface area (Å²) < 4.78 is 4.61. The van der Waals surface area contributed by atoms with E-state index in [1.165, 1.54) is 12.0 Å². The molecule has 0 spiro atoms. The lowest BCUT2D eigenvalue weighted by molar-refractivity contribution is -0.152. The summed E-state index contributed by atoms with van der Waals surface area (Å²) in [5.41, 5.74) is 4.65. The van der Waals surface area contributed by atoms with Crippen molar-refractivity contribution in [1.29, 1.82) is 0 Å². The third-order valence-electron chi connectivity index (χ3n) is 3.47. The number of rotatable bonds is 6. The van der Waals surface area contributed by atoms with Crippen molar-refractivity contribution in [3.05, 3.63) is 0 Å². The van der Waals surface area contributed by atoms with Gasteiger partial charge in [-0.3, -0.25) is 9.59 Å². The Kier molecular flexibility index (Phi) is 5.80. The van der Waals surface area contributed by atoms with Gasteiger partial charge in [-0.25, -0.2) is 0 Å². The molecule has 0 saturated carbocycles. The molecule has 0 aliphatic carbocycles. The number of ether oxygens (including phenoxy) is 1. The number of carbonyl (C=O) groups excluding carboxylic acids is 2. The van der Waals surface area contributed by atoms with Crippen molar-refractivity contribution in [2.75, 3.05) is 20.2 Å². The third-order valence-corrected chi connectivity index (χ3v) is 3.47. The third kappa shape index (κ3) is 3.98. The average Bonchev–Trinajstić information content (AvgIpc) is 2.25. The predicted molar refractivity (Wildman–Crippen MR) is 70.9 cm³/mol. The number of nitrogens with zero attached hydrogens (tertiary/aromatic N) is 1. The highest BCUT2D eigenvalue weighted by molar-refractivity contribution is 5.86. The lowest BCUT2D eigenvalue weighted by atomic mass is 9.74. The normalized spacial score (nSPS) is 12.2. The van der Waals surface area contributed by atoms with Crippen LogP contribution in [0, 0.1) is 5.41 Å². The van der Waals surface area contributed by atoms with E-state index in [0.717, 1.165) is 6.42 Å². The van der Waals surface area contributed by atoms with E-state index < -0.39 is 16.9 Å². The molecular weight excluding hydrogens is 232 g/mol. The lowest BCUT2D eigenvalue weighted by Gasteiger charge is -2.40. The Hall–Kier alpha value is -1.10. The molecule has 2 N–H and O–H groups in total. The van der Waals surface area contributed by atoms with Crippen LogP contribution in [0.5, 0.6) is 0 Å². The summed E-state index contributed by atoms with van der Waals surface area (Å²) in [5, 5.41) is 0. The van der Waals surface area contributed by atoms with Crippen LogP contribution in [-0.4, -0.2) is 42.5 Å². The number of carbonyl (C=O) groups is 2. The highest BCUT2D eigenvalue weighted by atomic mass is 16.5. The van der Waals surface area contributed by atoms with Crippen LogP contribution in [-0.2, 0) is 14.3 Å². The minimum Gasteiger partial charge on any atom is -0.468 e. The van der Waals surface area contributed by atoms with E-state index >= 15 is 0 Å². The monoisotopic (exact) mass is 258 g/mol. The zero-order valence-corrected chi connectivity index (χ0v) is 12.4. The van der Waals surface area contributed by atoms with Gasteiger partial charge < -0.3 is 15.4 Å². The van der Waals surface area contributed by atoms with Crippen LogP contribution in [0.15, 0.2) is 0 Å². The van der Waals surface area contributed by atoms with Gasteiger partial charge in [-0.15, -0.1) is 0 Å². The van der Waals surface area contributed by atoms with Crippen LogP contribution < -0.4 is 5.73 Å². The van der Waals surface area contributed by atoms with Crippen LogP contribution >= 0.6 is 0 Å². The van der Waals surface area contributed by atoms with Crippen molar-refractivity contribution in [3.63, 3.8) is 0 Å². The van der Waals surface area contributed by atoms with Gasteiger partial charge in [0.05, 0.1) is 12.5 Å². The maximum absolute atomic E-state index is 12.5. The fourth-order valence-electron chi connectivity index (χ4n) is 1.41. The predicted octanol–water partition coefficient (Wildman–Crippen LogP) is 1.16. The molecule has 106 valence electrons. The quantitative estimate of drug-likeness (QED) is 0.726. The second-order valence-electron chi connectivity index (χ2n) is 5.65. The molecule has 0 heterocycles. The summed E-state index contributed by atoms with van der Waals surface area (Å²) in [6, 6.07) is 0. The molecule has 0 aromatic rings. The van der Waals surface area contributed by atoms with E-state index in [1.807, 2.05) is 20.8 Å². The Bertz CT molecular complexity index is 306. The van der Waals surface area contributed by atoms with Crippen molar-refractivity contribution in [2.24, 2.45) is 11.1 Å². The summed E-state index contributed by atoms with van der Waals surface area (Å²) in [5.74, 6) is -0.537. The van der Waals surface area contributed by atoms with Crippen molar-refractivity contribution in [1.82, 2.24) is 4.90 Å². The maximum Gasteiger partial charge on any atom is 0.325 e. The standard InChI is InChI=1S/C13H26N2O3/c1-7-8-15(9-10(16)18-6)11(17)12(2,3)13(4,5)14/h7-9,14H2,1-6H3. The van der Waals surface area contributed by atoms with Crippen molar-refractivity contribution in [2.45, 2.75) is 46.6 Å². The SMILES string of the molecule is CCCN(CC(=O)OC)C(=O)C(C)(C)C(C)(C)N. The first-order chi connectivity index (χ1) is 8.07. The number of hydrogen-bond acceptors (Lipinski definition) is 4. The van der Waals surface area contributed by atoms with Gasteiger partial charge in [0.2, 0.25) is 5.91 Å². The topological polar surface area (TPSA) is 72.6 Å². The first-order valence-electron chi connectivity index (χ1n) is 6.23. The first-order valence-corrected chi connectivity index (χ1v) is 6.23. The van der Waals surface area contributed by atoms with Gasteiger partial charge in [-0.2, -0.15) is 0 Å². The number of hydrogen-bond donors (Lipinski definition) is 1. The van der Waals surface area contributed by atoms with Crippen LogP contribution in [0.2, 0.25) is 0 Å². The van der Waals surface area contributed by atoms with Crippen LogP contribution in [0.4, 0.5) is 0 Å². The van der Waals surface area contributed by atoms with E-state index in [1.54, 1.807) is 13.8 Å². The van der Waals surface area contributed by atoms with Gasteiger partial charge in [0, 0.05) is 12.1 Å².